The third-order valence-electron chi connectivity index (χ3n) is 2.92. The molecule has 2 amide bonds. The molecule has 0 spiro atoms. The van der Waals surface area contributed by atoms with Crippen LogP contribution in [0.1, 0.15) is 19.5 Å². The van der Waals surface area contributed by atoms with Crippen LogP contribution in [0.25, 0.3) is 0 Å². The van der Waals surface area contributed by atoms with Crippen molar-refractivity contribution >= 4 is 22.5 Å². The Morgan fingerprint density at radius 3 is 2.88 bits per heavy atom. The van der Waals surface area contributed by atoms with Gasteiger partial charge in [-0.3, -0.25) is 5.32 Å². The summed E-state index contributed by atoms with van der Waals surface area (Å²) in [6.45, 7) is 4.17. The van der Waals surface area contributed by atoms with Gasteiger partial charge < -0.3 is 14.7 Å². The van der Waals surface area contributed by atoms with Gasteiger partial charge in [-0.2, -0.15) is 5.26 Å². The number of carbonyl (C=O) groups excluding carboxylic acids is 1. The van der Waals surface area contributed by atoms with Crippen molar-refractivity contribution in [3.63, 3.8) is 0 Å². The van der Waals surface area contributed by atoms with Gasteiger partial charge in [-0.1, -0.05) is 11.3 Å². The largest absolute Gasteiger partial charge is 0.443 e. The molecule has 126 valence electrons. The van der Waals surface area contributed by atoms with E-state index < -0.39 is 6.10 Å². The zero-order valence-corrected chi connectivity index (χ0v) is 14.1. The number of nitrogens with zero attached hydrogens (tertiary/aromatic N) is 4. The van der Waals surface area contributed by atoms with Crippen LogP contribution in [0.2, 0.25) is 0 Å². The highest BCUT2D eigenvalue weighted by molar-refractivity contribution is 7.17. The average molecular weight is 347 g/mol. The summed E-state index contributed by atoms with van der Waals surface area (Å²) in [5.74, 6) is 0.472. The lowest BCUT2D eigenvalue weighted by Gasteiger charge is -2.21. The molecule has 0 fully saturated rings. The number of anilines is 1. The summed E-state index contributed by atoms with van der Waals surface area (Å²) in [4.78, 5) is 21.6. The first-order chi connectivity index (χ1) is 11.5. The summed E-state index contributed by atoms with van der Waals surface area (Å²) in [5, 5.41) is 21.6. The van der Waals surface area contributed by atoms with Gasteiger partial charge in [0.15, 0.2) is 5.13 Å². The van der Waals surface area contributed by atoms with Crippen molar-refractivity contribution < 1.29 is 14.6 Å². The lowest BCUT2D eigenvalue weighted by Crippen LogP contribution is -2.39. The number of carbonyl (C=O) groups is 1. The molecule has 0 saturated carbocycles. The van der Waals surface area contributed by atoms with Crippen LogP contribution in [0, 0.1) is 11.3 Å². The van der Waals surface area contributed by atoms with E-state index in [1.54, 1.807) is 19.1 Å². The highest BCUT2D eigenvalue weighted by atomic mass is 32.1. The minimum Gasteiger partial charge on any atom is -0.443 e. The average Bonchev–Trinajstić information content (AvgIpc) is 3.00. The first kappa shape index (κ1) is 17.7. The van der Waals surface area contributed by atoms with E-state index in [0.29, 0.717) is 28.2 Å². The smallest absolute Gasteiger partial charge is 0.323 e. The zero-order chi connectivity index (χ0) is 17.5. The monoisotopic (exact) mass is 347 g/mol. The van der Waals surface area contributed by atoms with Crippen molar-refractivity contribution in [2.24, 2.45) is 0 Å². The fourth-order valence-corrected chi connectivity index (χ4v) is 2.51. The third kappa shape index (κ3) is 4.91. The van der Waals surface area contributed by atoms with Crippen molar-refractivity contribution in [2.45, 2.75) is 20.0 Å². The number of nitriles is 1. The summed E-state index contributed by atoms with van der Waals surface area (Å²) < 4.78 is 5.57. The van der Waals surface area contributed by atoms with E-state index in [9.17, 15) is 9.90 Å². The Labute approximate surface area is 143 Å². The lowest BCUT2D eigenvalue weighted by molar-refractivity contribution is 0.141. The molecule has 1 atom stereocenters. The molecule has 2 aromatic heterocycles. The molecule has 0 unspecified atom stereocenters. The van der Waals surface area contributed by atoms with Gasteiger partial charge in [-0.25, -0.2) is 14.8 Å². The zero-order valence-electron chi connectivity index (χ0n) is 13.3. The minimum absolute atomic E-state index is 0.244. The number of ether oxygens (including phenoxy) is 1. The molecule has 2 N–H and O–H groups in total. The van der Waals surface area contributed by atoms with Gasteiger partial charge in [-0.05, 0) is 26.0 Å². The number of aliphatic hydroxyl groups excluding tert-OH is 1. The molecular formula is C15H17N5O3S. The molecule has 0 aliphatic carbocycles. The standard InChI is InChI=1S/C15H17N5O3S/c1-3-20(9-10(2)21)15(22)19-14-18-8-13(24-14)23-12-5-4-11(6-16)17-7-12/h4-5,7-8,10,21H,3,9H2,1-2H3,(H,18,19,22)/t10-/m0/s1. The van der Waals surface area contributed by atoms with E-state index in [2.05, 4.69) is 15.3 Å². The normalized spacial score (nSPS) is 11.4. The molecule has 2 heterocycles. The van der Waals surface area contributed by atoms with E-state index in [0.717, 1.165) is 0 Å². The summed E-state index contributed by atoms with van der Waals surface area (Å²) in [6.07, 6.45) is 2.33. The molecule has 8 nitrogen and oxygen atoms in total. The summed E-state index contributed by atoms with van der Waals surface area (Å²) in [6, 6.07) is 4.77. The summed E-state index contributed by atoms with van der Waals surface area (Å²) in [5.41, 5.74) is 0.303. The fraction of sp³-hybridized carbons (Fsp3) is 0.333. The number of amides is 2. The van der Waals surface area contributed by atoms with Gasteiger partial charge in [0.1, 0.15) is 17.5 Å². The fourth-order valence-electron chi connectivity index (χ4n) is 1.83. The quantitative estimate of drug-likeness (QED) is 0.830. The molecule has 0 bridgehead atoms. The molecule has 0 aliphatic rings. The van der Waals surface area contributed by atoms with Crippen LogP contribution in [0.15, 0.2) is 24.5 Å². The first-order valence-corrected chi connectivity index (χ1v) is 8.07. The second kappa shape index (κ2) is 8.24. The van der Waals surface area contributed by atoms with Crippen molar-refractivity contribution in [1.29, 1.82) is 5.26 Å². The maximum atomic E-state index is 12.1. The van der Waals surface area contributed by atoms with Crippen LogP contribution >= 0.6 is 11.3 Å². The van der Waals surface area contributed by atoms with Crippen LogP contribution < -0.4 is 10.1 Å². The van der Waals surface area contributed by atoms with Crippen LogP contribution in [0.4, 0.5) is 9.93 Å². The second-order valence-electron chi connectivity index (χ2n) is 4.90. The highest BCUT2D eigenvalue weighted by Gasteiger charge is 2.15. The molecule has 0 saturated heterocycles. The van der Waals surface area contributed by atoms with Gasteiger partial charge in [0.2, 0.25) is 5.06 Å². The molecule has 24 heavy (non-hydrogen) atoms. The maximum Gasteiger partial charge on any atom is 0.323 e. The summed E-state index contributed by atoms with van der Waals surface area (Å²) in [7, 11) is 0. The molecule has 2 aromatic rings. The van der Waals surface area contributed by atoms with E-state index in [1.165, 1.54) is 28.6 Å². The number of aromatic nitrogens is 2. The van der Waals surface area contributed by atoms with Gasteiger partial charge in [0, 0.05) is 13.1 Å². The van der Waals surface area contributed by atoms with E-state index in [4.69, 9.17) is 10.00 Å². The molecule has 2 rings (SSSR count). The van der Waals surface area contributed by atoms with Gasteiger partial charge >= 0.3 is 6.03 Å². The van der Waals surface area contributed by atoms with E-state index in [1.807, 2.05) is 13.0 Å². The number of hydrogen-bond acceptors (Lipinski definition) is 7. The second-order valence-corrected chi connectivity index (χ2v) is 5.89. The van der Waals surface area contributed by atoms with Crippen LogP contribution in [0.5, 0.6) is 10.8 Å². The molecule has 0 radical (unpaired) electrons. The maximum absolute atomic E-state index is 12.1. The Morgan fingerprint density at radius 2 is 2.29 bits per heavy atom. The third-order valence-corrected chi connectivity index (χ3v) is 3.71. The minimum atomic E-state index is -0.602. The Balaban J connectivity index is 1.97. The van der Waals surface area contributed by atoms with Crippen molar-refractivity contribution in [1.82, 2.24) is 14.9 Å². The number of hydrogen-bond donors (Lipinski definition) is 2. The topological polar surface area (TPSA) is 111 Å². The van der Waals surface area contributed by atoms with Crippen molar-refractivity contribution in [2.75, 3.05) is 18.4 Å². The Bertz CT molecular complexity index is 723. The molecule has 0 aromatic carbocycles. The highest BCUT2D eigenvalue weighted by Crippen LogP contribution is 2.30. The van der Waals surface area contributed by atoms with Crippen LogP contribution in [-0.4, -0.2) is 45.2 Å². The number of likely N-dealkylation sites (N-methyl/N-ethyl adjacent to an activating group) is 1. The van der Waals surface area contributed by atoms with Crippen LogP contribution in [0.3, 0.4) is 0 Å². The Kier molecular flexibility index (Phi) is 6.06. The number of thiazole rings is 1. The van der Waals surface area contributed by atoms with Gasteiger partial charge in [0.25, 0.3) is 0 Å². The summed E-state index contributed by atoms with van der Waals surface area (Å²) >= 11 is 1.17. The van der Waals surface area contributed by atoms with Crippen molar-refractivity contribution in [3.05, 3.63) is 30.2 Å². The SMILES string of the molecule is CCN(C[C@H](C)O)C(=O)Nc1ncc(Oc2ccc(C#N)nc2)s1. The van der Waals surface area contributed by atoms with Crippen molar-refractivity contribution in [3.8, 4) is 16.9 Å². The van der Waals surface area contributed by atoms with E-state index in [-0.39, 0.29) is 12.6 Å². The Morgan fingerprint density at radius 1 is 1.50 bits per heavy atom. The Hall–Kier alpha value is -2.70. The number of rotatable bonds is 6. The first-order valence-electron chi connectivity index (χ1n) is 7.25. The lowest BCUT2D eigenvalue weighted by atomic mass is 10.4. The van der Waals surface area contributed by atoms with E-state index >= 15 is 0 Å². The van der Waals surface area contributed by atoms with Crippen LogP contribution in [-0.2, 0) is 0 Å². The van der Waals surface area contributed by atoms with Gasteiger partial charge in [0.05, 0.1) is 18.5 Å². The predicted octanol–water partition coefficient (Wildman–Crippen LogP) is 2.44. The number of pyridine rings is 1. The number of aliphatic hydroxyl groups is 1. The van der Waals surface area contributed by atoms with Gasteiger partial charge in [-0.15, -0.1) is 0 Å². The molecular weight excluding hydrogens is 330 g/mol. The predicted molar refractivity (Wildman–Crippen MR) is 89.1 cm³/mol. The number of nitrogens with one attached hydrogen (secondary N) is 1. The molecule has 9 heteroatoms. The number of urea groups is 1. The molecule has 0 aliphatic heterocycles.